The van der Waals surface area contributed by atoms with Gasteiger partial charge in [0, 0.05) is 24.1 Å². The van der Waals surface area contributed by atoms with Gasteiger partial charge in [-0.3, -0.25) is 0 Å². The zero-order valence-electron chi connectivity index (χ0n) is 8.80. The first-order chi connectivity index (χ1) is 7.33. The summed E-state index contributed by atoms with van der Waals surface area (Å²) in [6.45, 7) is 0.705. The third-order valence-corrected chi connectivity index (χ3v) is 2.56. The van der Waals surface area contributed by atoms with Crippen molar-refractivity contribution in [2.24, 2.45) is 5.73 Å². The number of nitrogens with two attached hydrogens (primary N) is 1. The third-order valence-electron chi connectivity index (χ3n) is 2.09. The van der Waals surface area contributed by atoms with E-state index in [1.165, 1.54) is 0 Å². The fourth-order valence-electron chi connectivity index (χ4n) is 1.21. The molecule has 0 aliphatic carbocycles. The van der Waals surface area contributed by atoms with Crippen LogP contribution in [0, 0.1) is 0 Å². The molecule has 0 aliphatic heterocycles. The van der Waals surface area contributed by atoms with Crippen molar-refractivity contribution in [3.63, 3.8) is 0 Å². The molecule has 0 unspecified atom stereocenters. The van der Waals surface area contributed by atoms with Crippen LogP contribution in [0.3, 0.4) is 0 Å². The van der Waals surface area contributed by atoms with Crippen molar-refractivity contribution < 1.29 is 4.74 Å². The van der Waals surface area contributed by atoms with Gasteiger partial charge >= 0.3 is 0 Å². The number of nitrogens with zero attached hydrogens (tertiary/aromatic N) is 1. The van der Waals surface area contributed by atoms with E-state index in [1.807, 2.05) is 18.2 Å². The van der Waals surface area contributed by atoms with Gasteiger partial charge in [-0.15, -0.1) is 0 Å². The lowest BCUT2D eigenvalue weighted by molar-refractivity contribution is 0.293. The van der Waals surface area contributed by atoms with Crippen LogP contribution in [-0.4, -0.2) is 23.4 Å². The molecule has 0 bridgehead atoms. The first kappa shape index (κ1) is 12.3. The van der Waals surface area contributed by atoms with Gasteiger partial charge in [-0.1, -0.05) is 6.07 Å². The summed E-state index contributed by atoms with van der Waals surface area (Å²) in [5, 5.41) is 0. The zero-order valence-corrected chi connectivity index (χ0v) is 9.70. The Kier molecular flexibility index (Phi) is 6.20. The standard InChI is InChI=1S/C11H18N2OS/c12-10(9-15)5-2-4-8-14-11-6-1-3-7-13-11/h1,3,6-7,10,15H,2,4-5,8-9,12H2/t10-/m1/s1. The van der Waals surface area contributed by atoms with Gasteiger partial charge < -0.3 is 10.5 Å². The smallest absolute Gasteiger partial charge is 0.213 e. The number of hydrogen-bond acceptors (Lipinski definition) is 4. The second-order valence-electron chi connectivity index (χ2n) is 3.45. The summed E-state index contributed by atoms with van der Waals surface area (Å²) in [5.41, 5.74) is 5.74. The van der Waals surface area contributed by atoms with Gasteiger partial charge in [-0.2, -0.15) is 12.6 Å². The van der Waals surface area contributed by atoms with Gasteiger partial charge in [0.05, 0.1) is 6.61 Å². The maximum Gasteiger partial charge on any atom is 0.213 e. The average Bonchev–Trinajstić information content (AvgIpc) is 2.29. The maximum atomic E-state index is 5.74. The molecule has 4 heteroatoms. The highest BCUT2D eigenvalue weighted by Gasteiger charge is 1.99. The summed E-state index contributed by atoms with van der Waals surface area (Å²) < 4.78 is 5.45. The van der Waals surface area contributed by atoms with E-state index in [-0.39, 0.29) is 6.04 Å². The van der Waals surface area contributed by atoms with Crippen molar-refractivity contribution in [3.05, 3.63) is 24.4 Å². The third kappa shape index (κ3) is 5.64. The van der Waals surface area contributed by atoms with Crippen molar-refractivity contribution in [2.45, 2.75) is 25.3 Å². The molecule has 1 atom stereocenters. The maximum absolute atomic E-state index is 5.74. The number of pyridine rings is 1. The fraction of sp³-hybridized carbons (Fsp3) is 0.545. The van der Waals surface area contributed by atoms with Crippen molar-refractivity contribution in [1.29, 1.82) is 0 Å². The van der Waals surface area contributed by atoms with Crippen LogP contribution in [0.4, 0.5) is 0 Å². The lowest BCUT2D eigenvalue weighted by atomic mass is 10.1. The van der Waals surface area contributed by atoms with Crippen molar-refractivity contribution in [1.82, 2.24) is 4.98 Å². The van der Waals surface area contributed by atoms with Crippen molar-refractivity contribution in [2.75, 3.05) is 12.4 Å². The van der Waals surface area contributed by atoms with E-state index >= 15 is 0 Å². The Morgan fingerprint density at radius 3 is 2.93 bits per heavy atom. The molecule has 3 nitrogen and oxygen atoms in total. The number of thiol groups is 1. The molecule has 15 heavy (non-hydrogen) atoms. The number of hydrogen-bond donors (Lipinski definition) is 2. The lowest BCUT2D eigenvalue weighted by Gasteiger charge is -2.08. The highest BCUT2D eigenvalue weighted by atomic mass is 32.1. The molecule has 2 N–H and O–H groups in total. The van der Waals surface area contributed by atoms with Gasteiger partial charge in [0.15, 0.2) is 0 Å². The predicted molar refractivity (Wildman–Crippen MR) is 65.4 cm³/mol. The van der Waals surface area contributed by atoms with Gasteiger partial charge in [-0.25, -0.2) is 4.98 Å². The van der Waals surface area contributed by atoms with E-state index in [9.17, 15) is 0 Å². The van der Waals surface area contributed by atoms with Gasteiger partial charge in [0.2, 0.25) is 5.88 Å². The van der Waals surface area contributed by atoms with Crippen LogP contribution in [0.15, 0.2) is 24.4 Å². The quantitative estimate of drug-likeness (QED) is 0.551. The van der Waals surface area contributed by atoms with E-state index in [4.69, 9.17) is 10.5 Å². The molecule has 0 saturated carbocycles. The molecule has 0 radical (unpaired) electrons. The van der Waals surface area contributed by atoms with E-state index < -0.39 is 0 Å². The summed E-state index contributed by atoms with van der Waals surface area (Å²) in [5.74, 6) is 1.44. The Morgan fingerprint density at radius 1 is 1.40 bits per heavy atom. The van der Waals surface area contributed by atoms with E-state index in [1.54, 1.807) is 6.20 Å². The summed E-state index contributed by atoms with van der Waals surface area (Å²) in [6.07, 6.45) is 4.83. The first-order valence-electron chi connectivity index (χ1n) is 5.23. The number of unbranched alkanes of at least 4 members (excludes halogenated alkanes) is 1. The summed E-state index contributed by atoms with van der Waals surface area (Å²) in [7, 11) is 0. The molecule has 0 amide bonds. The molecular formula is C11H18N2OS. The normalized spacial score (nSPS) is 12.4. The van der Waals surface area contributed by atoms with Crippen LogP contribution in [0.5, 0.6) is 5.88 Å². The van der Waals surface area contributed by atoms with Crippen LogP contribution < -0.4 is 10.5 Å². The molecule has 1 aromatic heterocycles. The molecule has 1 aromatic rings. The second-order valence-corrected chi connectivity index (χ2v) is 3.82. The Bertz CT molecular complexity index is 256. The molecule has 1 heterocycles. The average molecular weight is 226 g/mol. The molecule has 0 aromatic carbocycles. The van der Waals surface area contributed by atoms with E-state index in [0.717, 1.165) is 25.0 Å². The monoisotopic (exact) mass is 226 g/mol. The minimum absolute atomic E-state index is 0.211. The van der Waals surface area contributed by atoms with Crippen LogP contribution in [0.2, 0.25) is 0 Å². The number of rotatable bonds is 7. The van der Waals surface area contributed by atoms with Crippen molar-refractivity contribution in [3.8, 4) is 5.88 Å². The minimum atomic E-state index is 0.211. The molecule has 0 saturated heterocycles. The molecule has 0 spiro atoms. The van der Waals surface area contributed by atoms with Crippen molar-refractivity contribution >= 4 is 12.6 Å². The first-order valence-corrected chi connectivity index (χ1v) is 5.86. The van der Waals surface area contributed by atoms with E-state index in [0.29, 0.717) is 12.5 Å². The minimum Gasteiger partial charge on any atom is -0.478 e. The zero-order chi connectivity index (χ0) is 10.9. The molecular weight excluding hydrogens is 208 g/mol. The highest BCUT2D eigenvalue weighted by Crippen LogP contribution is 2.05. The Balaban J connectivity index is 2.03. The molecule has 0 fully saturated rings. The summed E-state index contributed by atoms with van der Waals surface area (Å²) in [6, 6.07) is 5.86. The van der Waals surface area contributed by atoms with Crippen LogP contribution in [-0.2, 0) is 0 Å². The summed E-state index contributed by atoms with van der Waals surface area (Å²) in [4.78, 5) is 4.07. The Morgan fingerprint density at radius 2 is 2.27 bits per heavy atom. The molecule has 84 valence electrons. The van der Waals surface area contributed by atoms with Gasteiger partial charge in [-0.05, 0) is 25.3 Å². The summed E-state index contributed by atoms with van der Waals surface area (Å²) >= 11 is 4.13. The van der Waals surface area contributed by atoms with Crippen LogP contribution >= 0.6 is 12.6 Å². The number of ether oxygens (including phenoxy) is 1. The van der Waals surface area contributed by atoms with Crippen LogP contribution in [0.1, 0.15) is 19.3 Å². The largest absolute Gasteiger partial charge is 0.478 e. The fourth-order valence-corrected chi connectivity index (χ4v) is 1.39. The lowest BCUT2D eigenvalue weighted by Crippen LogP contribution is -2.21. The SMILES string of the molecule is N[C@@H](CS)CCCCOc1ccccn1. The van der Waals surface area contributed by atoms with Gasteiger partial charge in [0.1, 0.15) is 0 Å². The Hall–Kier alpha value is -0.740. The highest BCUT2D eigenvalue weighted by molar-refractivity contribution is 7.80. The van der Waals surface area contributed by atoms with Gasteiger partial charge in [0.25, 0.3) is 0 Å². The molecule has 1 rings (SSSR count). The molecule has 0 aliphatic rings. The second kappa shape index (κ2) is 7.54. The number of aromatic nitrogens is 1. The van der Waals surface area contributed by atoms with E-state index in [2.05, 4.69) is 17.6 Å². The predicted octanol–water partition coefficient (Wildman–Crippen LogP) is 1.89. The topological polar surface area (TPSA) is 48.1 Å². The van der Waals surface area contributed by atoms with Crippen LogP contribution in [0.25, 0.3) is 0 Å². The Labute approximate surface area is 96.4 Å².